The zero-order valence-corrected chi connectivity index (χ0v) is 11.0. The topological polar surface area (TPSA) is 32.7 Å². The van der Waals surface area contributed by atoms with Gasteiger partial charge >= 0.3 is 0 Å². The van der Waals surface area contributed by atoms with Gasteiger partial charge in [-0.1, -0.05) is 12.1 Å². The van der Waals surface area contributed by atoms with Gasteiger partial charge in [-0.25, -0.2) is 0 Å². The summed E-state index contributed by atoms with van der Waals surface area (Å²) in [6.07, 6.45) is 0.703. The van der Waals surface area contributed by atoms with Crippen molar-refractivity contribution < 1.29 is 9.84 Å². The summed E-state index contributed by atoms with van der Waals surface area (Å²) in [4.78, 5) is 2.12. The molecule has 96 valence electrons. The monoisotopic (exact) mass is 237 g/mol. The Morgan fingerprint density at radius 1 is 1.41 bits per heavy atom. The fourth-order valence-corrected chi connectivity index (χ4v) is 1.77. The van der Waals surface area contributed by atoms with Crippen LogP contribution in [-0.4, -0.2) is 42.9 Å². The number of hydrogen-bond acceptors (Lipinski definition) is 3. The lowest BCUT2D eigenvalue weighted by Crippen LogP contribution is -2.28. The average Bonchev–Trinajstić information content (AvgIpc) is 2.23. The molecule has 1 N–H and O–H groups in total. The van der Waals surface area contributed by atoms with Gasteiger partial charge in [-0.05, 0) is 45.0 Å². The smallest absolute Gasteiger partial charge is 0.119 e. The fraction of sp³-hybridized carbons (Fsp3) is 0.571. The maximum atomic E-state index is 9.21. The summed E-state index contributed by atoms with van der Waals surface area (Å²) in [6.45, 7) is 6.23. The highest BCUT2D eigenvalue weighted by Crippen LogP contribution is 2.12. The van der Waals surface area contributed by atoms with E-state index in [0.717, 1.165) is 18.7 Å². The number of likely N-dealkylation sites (N-methyl/N-ethyl adjacent to an activating group) is 1. The lowest BCUT2D eigenvalue weighted by molar-refractivity contribution is 0.137. The van der Waals surface area contributed by atoms with Crippen LogP contribution in [0.15, 0.2) is 24.3 Å². The van der Waals surface area contributed by atoms with Crippen molar-refractivity contribution in [2.45, 2.75) is 26.4 Å². The molecular formula is C14H23NO2. The minimum Gasteiger partial charge on any atom is -0.494 e. The predicted molar refractivity (Wildman–Crippen MR) is 70.5 cm³/mol. The molecule has 1 aromatic carbocycles. The molecule has 0 aliphatic rings. The second-order valence-corrected chi connectivity index (χ2v) is 4.63. The summed E-state index contributed by atoms with van der Waals surface area (Å²) in [7, 11) is 2.01. The van der Waals surface area contributed by atoms with Crippen LogP contribution in [0.25, 0.3) is 0 Å². The van der Waals surface area contributed by atoms with Crippen molar-refractivity contribution in [2.24, 2.45) is 0 Å². The van der Waals surface area contributed by atoms with Crippen LogP contribution in [-0.2, 0) is 0 Å². The van der Waals surface area contributed by atoms with Gasteiger partial charge in [0.25, 0.3) is 0 Å². The van der Waals surface area contributed by atoms with E-state index in [1.807, 2.05) is 25.2 Å². The van der Waals surface area contributed by atoms with E-state index in [9.17, 15) is 5.11 Å². The maximum Gasteiger partial charge on any atom is 0.119 e. The number of aliphatic hydroxyl groups is 1. The Bertz CT molecular complexity index is 326. The molecule has 0 spiro atoms. The third-order valence-electron chi connectivity index (χ3n) is 2.52. The van der Waals surface area contributed by atoms with Crippen molar-refractivity contribution in [1.29, 1.82) is 0 Å². The van der Waals surface area contributed by atoms with Gasteiger partial charge in [0.1, 0.15) is 5.75 Å². The first-order valence-electron chi connectivity index (χ1n) is 6.14. The number of rotatable bonds is 7. The third kappa shape index (κ3) is 6.29. The van der Waals surface area contributed by atoms with Crippen LogP contribution in [0, 0.1) is 6.92 Å². The highest BCUT2D eigenvalue weighted by molar-refractivity contribution is 5.27. The molecule has 1 atom stereocenters. The number of hydrogen-bond donors (Lipinski definition) is 1. The quantitative estimate of drug-likeness (QED) is 0.737. The molecule has 3 nitrogen and oxygen atoms in total. The number of aryl methyl sites for hydroxylation is 1. The average molecular weight is 237 g/mol. The highest BCUT2D eigenvalue weighted by atomic mass is 16.5. The lowest BCUT2D eigenvalue weighted by atomic mass is 10.2. The van der Waals surface area contributed by atoms with Gasteiger partial charge in [-0.3, -0.25) is 0 Å². The van der Waals surface area contributed by atoms with Crippen LogP contribution in [0.3, 0.4) is 0 Å². The summed E-state index contributed by atoms with van der Waals surface area (Å²) in [6, 6.07) is 8.08. The Hall–Kier alpha value is -1.06. The van der Waals surface area contributed by atoms with Gasteiger partial charge in [0, 0.05) is 13.1 Å². The van der Waals surface area contributed by atoms with E-state index in [4.69, 9.17) is 4.74 Å². The first-order chi connectivity index (χ1) is 8.08. The molecule has 17 heavy (non-hydrogen) atoms. The first kappa shape index (κ1) is 14.0. The standard InChI is InChI=1S/C14H23NO2/c1-12-6-4-7-14(10-12)17-9-5-8-15(3)11-13(2)16/h4,6-7,10,13,16H,5,8-9,11H2,1-3H3. The number of nitrogens with zero attached hydrogens (tertiary/aromatic N) is 1. The van der Waals surface area contributed by atoms with E-state index in [0.29, 0.717) is 13.2 Å². The van der Waals surface area contributed by atoms with Gasteiger partial charge in [-0.15, -0.1) is 0 Å². The Kier molecular flexibility index (Phi) is 6.01. The molecule has 0 saturated carbocycles. The van der Waals surface area contributed by atoms with E-state index in [-0.39, 0.29) is 6.10 Å². The van der Waals surface area contributed by atoms with E-state index in [2.05, 4.69) is 17.9 Å². The van der Waals surface area contributed by atoms with Crippen molar-refractivity contribution in [2.75, 3.05) is 26.7 Å². The summed E-state index contributed by atoms with van der Waals surface area (Å²) in [5.74, 6) is 0.933. The molecule has 0 radical (unpaired) electrons. The molecule has 0 saturated heterocycles. The Morgan fingerprint density at radius 3 is 2.82 bits per heavy atom. The normalized spacial score (nSPS) is 12.8. The van der Waals surface area contributed by atoms with Gasteiger partial charge < -0.3 is 14.7 Å². The van der Waals surface area contributed by atoms with Crippen molar-refractivity contribution >= 4 is 0 Å². The van der Waals surface area contributed by atoms with Crippen LogP contribution >= 0.6 is 0 Å². The van der Waals surface area contributed by atoms with Crippen molar-refractivity contribution in [1.82, 2.24) is 4.90 Å². The molecule has 0 aromatic heterocycles. The minimum absolute atomic E-state index is 0.266. The Balaban J connectivity index is 2.16. The largest absolute Gasteiger partial charge is 0.494 e. The van der Waals surface area contributed by atoms with Gasteiger partial charge in [0.2, 0.25) is 0 Å². The molecule has 0 amide bonds. The Labute approximate surface area is 104 Å². The van der Waals surface area contributed by atoms with E-state index in [1.54, 1.807) is 6.92 Å². The maximum absolute atomic E-state index is 9.21. The first-order valence-corrected chi connectivity index (χ1v) is 6.14. The molecule has 1 aromatic rings. The second-order valence-electron chi connectivity index (χ2n) is 4.63. The van der Waals surface area contributed by atoms with Crippen LogP contribution < -0.4 is 4.74 Å². The van der Waals surface area contributed by atoms with Crippen LogP contribution in [0.5, 0.6) is 5.75 Å². The van der Waals surface area contributed by atoms with Gasteiger partial charge in [0.15, 0.2) is 0 Å². The van der Waals surface area contributed by atoms with Crippen molar-refractivity contribution in [3.8, 4) is 5.75 Å². The minimum atomic E-state index is -0.266. The summed E-state index contributed by atoms with van der Waals surface area (Å²) < 4.78 is 5.65. The zero-order chi connectivity index (χ0) is 12.7. The Morgan fingerprint density at radius 2 is 2.18 bits per heavy atom. The van der Waals surface area contributed by atoms with Crippen LogP contribution in [0.2, 0.25) is 0 Å². The molecule has 3 heteroatoms. The third-order valence-corrected chi connectivity index (χ3v) is 2.52. The summed E-state index contributed by atoms with van der Waals surface area (Å²) in [5, 5.41) is 9.21. The van der Waals surface area contributed by atoms with Gasteiger partial charge in [-0.2, -0.15) is 0 Å². The zero-order valence-electron chi connectivity index (χ0n) is 11.0. The number of aliphatic hydroxyl groups excluding tert-OH is 1. The summed E-state index contributed by atoms with van der Waals surface area (Å²) in [5.41, 5.74) is 1.22. The second kappa shape index (κ2) is 7.30. The molecule has 1 rings (SSSR count). The summed E-state index contributed by atoms with van der Waals surface area (Å²) >= 11 is 0. The molecule has 0 heterocycles. The van der Waals surface area contributed by atoms with Crippen molar-refractivity contribution in [3.63, 3.8) is 0 Å². The SMILES string of the molecule is Cc1cccc(OCCCN(C)CC(C)O)c1. The van der Waals surface area contributed by atoms with E-state index in [1.165, 1.54) is 5.56 Å². The molecule has 0 fully saturated rings. The highest BCUT2D eigenvalue weighted by Gasteiger charge is 2.02. The molecule has 0 aliphatic carbocycles. The predicted octanol–water partition coefficient (Wildman–Crippen LogP) is 2.08. The fourth-order valence-electron chi connectivity index (χ4n) is 1.77. The van der Waals surface area contributed by atoms with E-state index >= 15 is 0 Å². The number of ether oxygens (including phenoxy) is 1. The molecular weight excluding hydrogens is 214 g/mol. The van der Waals surface area contributed by atoms with Crippen molar-refractivity contribution in [3.05, 3.63) is 29.8 Å². The van der Waals surface area contributed by atoms with E-state index < -0.39 is 0 Å². The van der Waals surface area contributed by atoms with Crippen LogP contribution in [0.1, 0.15) is 18.9 Å². The molecule has 1 unspecified atom stereocenters. The van der Waals surface area contributed by atoms with Gasteiger partial charge in [0.05, 0.1) is 12.7 Å². The van der Waals surface area contributed by atoms with Crippen LogP contribution in [0.4, 0.5) is 0 Å². The molecule has 0 bridgehead atoms. The molecule has 0 aliphatic heterocycles. The lowest BCUT2D eigenvalue weighted by Gasteiger charge is -2.18. The number of benzene rings is 1.